The molecule has 0 bridgehead atoms. The summed E-state index contributed by atoms with van der Waals surface area (Å²) in [4.78, 5) is 12.8. The Balaban J connectivity index is 2.30. The number of likely N-dealkylation sites (tertiary alicyclic amines) is 1. The average Bonchev–Trinajstić information content (AvgIpc) is 2.62. The van der Waals surface area contributed by atoms with Crippen molar-refractivity contribution in [3.8, 4) is 0 Å². The topological polar surface area (TPSA) is 70.0 Å². The summed E-state index contributed by atoms with van der Waals surface area (Å²) in [6.07, 6.45) is 0.0270. The number of hydrogen-bond donors (Lipinski definition) is 2. The molecule has 82 valence electrons. The Labute approximate surface area is 83.3 Å². The highest BCUT2D eigenvalue weighted by Crippen LogP contribution is 2.19. The molecule has 0 radical (unpaired) electrons. The summed E-state index contributed by atoms with van der Waals surface area (Å²) >= 11 is 0. The number of carbonyl (C=O) groups is 1. The third-order valence-electron chi connectivity index (χ3n) is 2.48. The summed E-state index contributed by atoms with van der Waals surface area (Å²) in [6, 6.07) is 0. The van der Waals surface area contributed by atoms with Crippen LogP contribution in [-0.2, 0) is 4.74 Å². The van der Waals surface area contributed by atoms with Crippen molar-refractivity contribution in [3.63, 3.8) is 0 Å². The van der Waals surface area contributed by atoms with Gasteiger partial charge in [0, 0.05) is 19.0 Å². The smallest absolute Gasteiger partial charge is 0.409 e. The molecule has 5 heteroatoms. The number of hydrogen-bond acceptors (Lipinski definition) is 4. The maximum Gasteiger partial charge on any atom is 0.409 e. The Morgan fingerprint density at radius 1 is 1.71 bits per heavy atom. The summed E-state index contributed by atoms with van der Waals surface area (Å²) < 4.78 is 4.76. The van der Waals surface area contributed by atoms with Crippen LogP contribution in [0.4, 0.5) is 4.79 Å². The fraction of sp³-hybridized carbons (Fsp3) is 0.889. The van der Waals surface area contributed by atoms with Gasteiger partial charge in [-0.1, -0.05) is 0 Å². The van der Waals surface area contributed by atoms with E-state index >= 15 is 0 Å². The molecular weight excluding hydrogens is 186 g/mol. The second kappa shape index (κ2) is 5.17. The van der Waals surface area contributed by atoms with Crippen LogP contribution in [0.25, 0.3) is 0 Å². The third-order valence-corrected chi connectivity index (χ3v) is 2.48. The lowest BCUT2D eigenvalue weighted by atomic mass is 10.0. The molecule has 5 nitrogen and oxygen atoms in total. The zero-order valence-corrected chi connectivity index (χ0v) is 8.35. The van der Waals surface area contributed by atoms with Gasteiger partial charge in [0.2, 0.25) is 0 Å². The van der Waals surface area contributed by atoms with Crippen LogP contribution in [-0.4, -0.2) is 53.6 Å². The van der Waals surface area contributed by atoms with E-state index in [1.54, 1.807) is 11.8 Å². The number of aliphatic hydroxyl groups is 2. The largest absolute Gasteiger partial charge is 0.447 e. The summed E-state index contributed by atoms with van der Waals surface area (Å²) in [7, 11) is 0. The highest BCUT2D eigenvalue weighted by molar-refractivity contribution is 5.67. The molecule has 0 saturated carbocycles. The third kappa shape index (κ3) is 2.85. The second-order valence-electron chi connectivity index (χ2n) is 3.57. The molecule has 1 rings (SSSR count). The van der Waals surface area contributed by atoms with Crippen molar-refractivity contribution in [1.82, 2.24) is 4.90 Å². The number of carbonyl (C=O) groups excluding carboxylic acids is 1. The van der Waals surface area contributed by atoms with Crippen LogP contribution in [0.3, 0.4) is 0 Å². The molecule has 0 aromatic rings. The minimum atomic E-state index is -0.401. The van der Waals surface area contributed by atoms with Gasteiger partial charge < -0.3 is 19.8 Å². The molecule has 2 unspecified atom stereocenters. The summed E-state index contributed by atoms with van der Waals surface area (Å²) in [5, 5.41) is 17.8. The number of ether oxygens (including phenoxy) is 1. The van der Waals surface area contributed by atoms with Gasteiger partial charge in [-0.3, -0.25) is 0 Å². The number of aliphatic hydroxyl groups excluding tert-OH is 2. The first-order valence-electron chi connectivity index (χ1n) is 4.85. The zero-order chi connectivity index (χ0) is 10.6. The lowest BCUT2D eigenvalue weighted by molar-refractivity contribution is 0.0843. The van der Waals surface area contributed by atoms with Gasteiger partial charge in [0.15, 0.2) is 0 Å². The Bertz CT molecular complexity index is 195. The first kappa shape index (κ1) is 11.3. The number of nitrogens with zero attached hydrogens (tertiary/aromatic N) is 1. The van der Waals surface area contributed by atoms with Crippen LogP contribution in [0.5, 0.6) is 0 Å². The highest BCUT2D eigenvalue weighted by Gasteiger charge is 2.29. The van der Waals surface area contributed by atoms with Crippen molar-refractivity contribution in [1.29, 1.82) is 0 Å². The molecular formula is C9H17NO4. The Morgan fingerprint density at radius 2 is 2.43 bits per heavy atom. The lowest BCUT2D eigenvalue weighted by Crippen LogP contribution is -2.31. The maximum absolute atomic E-state index is 11.3. The van der Waals surface area contributed by atoms with Crippen molar-refractivity contribution < 1.29 is 19.7 Å². The van der Waals surface area contributed by atoms with Crippen molar-refractivity contribution in [3.05, 3.63) is 0 Å². The van der Waals surface area contributed by atoms with E-state index in [-0.39, 0.29) is 25.2 Å². The van der Waals surface area contributed by atoms with Crippen molar-refractivity contribution in [2.75, 3.05) is 26.3 Å². The van der Waals surface area contributed by atoms with Gasteiger partial charge in [-0.15, -0.1) is 0 Å². The van der Waals surface area contributed by atoms with E-state index in [9.17, 15) is 9.90 Å². The molecule has 1 aliphatic rings. The molecule has 0 spiro atoms. The molecule has 2 N–H and O–H groups in total. The van der Waals surface area contributed by atoms with Crippen LogP contribution in [0.2, 0.25) is 0 Å². The standard InChI is InChI=1S/C9H17NO4/c1-7(12)8-2-3-10(6-8)9(13)14-5-4-11/h7-8,11-12H,2-6H2,1H3. The van der Waals surface area contributed by atoms with Crippen LogP contribution in [0, 0.1) is 5.92 Å². The van der Waals surface area contributed by atoms with Gasteiger partial charge in [-0.25, -0.2) is 4.79 Å². The predicted octanol–water partition coefficient (Wildman–Crippen LogP) is -0.182. The molecule has 1 fully saturated rings. The molecule has 1 aliphatic heterocycles. The van der Waals surface area contributed by atoms with Crippen LogP contribution >= 0.6 is 0 Å². The van der Waals surface area contributed by atoms with E-state index in [0.29, 0.717) is 13.1 Å². The Hall–Kier alpha value is -0.810. The minimum Gasteiger partial charge on any atom is -0.447 e. The molecule has 2 atom stereocenters. The van der Waals surface area contributed by atoms with Gasteiger partial charge in [0.1, 0.15) is 6.61 Å². The molecule has 1 heterocycles. The second-order valence-corrected chi connectivity index (χ2v) is 3.57. The number of amides is 1. The monoisotopic (exact) mass is 203 g/mol. The van der Waals surface area contributed by atoms with Gasteiger partial charge in [0.25, 0.3) is 0 Å². The normalized spacial score (nSPS) is 23.6. The van der Waals surface area contributed by atoms with Crippen molar-refractivity contribution >= 4 is 6.09 Å². The Morgan fingerprint density at radius 3 is 2.93 bits per heavy atom. The van der Waals surface area contributed by atoms with Gasteiger partial charge >= 0.3 is 6.09 Å². The summed E-state index contributed by atoms with van der Waals surface area (Å²) in [6.45, 7) is 2.78. The molecule has 1 saturated heterocycles. The van der Waals surface area contributed by atoms with Crippen LogP contribution in [0.15, 0.2) is 0 Å². The quantitative estimate of drug-likeness (QED) is 0.667. The first-order chi connectivity index (χ1) is 6.65. The van der Waals surface area contributed by atoms with E-state index in [1.807, 2.05) is 0 Å². The Kier molecular flexibility index (Phi) is 4.16. The molecule has 0 aromatic heterocycles. The fourth-order valence-corrected chi connectivity index (χ4v) is 1.57. The molecule has 0 aliphatic carbocycles. The first-order valence-corrected chi connectivity index (χ1v) is 4.85. The molecule has 1 amide bonds. The highest BCUT2D eigenvalue weighted by atomic mass is 16.6. The van der Waals surface area contributed by atoms with E-state index in [1.165, 1.54) is 0 Å². The molecule has 14 heavy (non-hydrogen) atoms. The van der Waals surface area contributed by atoms with E-state index in [2.05, 4.69) is 0 Å². The lowest BCUT2D eigenvalue weighted by Gasteiger charge is -2.16. The van der Waals surface area contributed by atoms with Crippen molar-refractivity contribution in [2.24, 2.45) is 5.92 Å². The van der Waals surface area contributed by atoms with Crippen molar-refractivity contribution in [2.45, 2.75) is 19.4 Å². The SMILES string of the molecule is CC(O)C1CCN(C(=O)OCCO)C1. The predicted molar refractivity (Wildman–Crippen MR) is 49.8 cm³/mol. The zero-order valence-electron chi connectivity index (χ0n) is 8.35. The van der Waals surface area contributed by atoms with E-state index in [4.69, 9.17) is 9.84 Å². The summed E-state index contributed by atoms with van der Waals surface area (Å²) in [5.41, 5.74) is 0. The van der Waals surface area contributed by atoms with E-state index < -0.39 is 6.09 Å². The molecule has 0 aromatic carbocycles. The van der Waals surface area contributed by atoms with Gasteiger partial charge in [-0.05, 0) is 13.3 Å². The van der Waals surface area contributed by atoms with Crippen LogP contribution < -0.4 is 0 Å². The fourth-order valence-electron chi connectivity index (χ4n) is 1.57. The summed E-state index contributed by atoms with van der Waals surface area (Å²) in [5.74, 6) is 0.150. The van der Waals surface area contributed by atoms with Gasteiger partial charge in [-0.2, -0.15) is 0 Å². The van der Waals surface area contributed by atoms with Crippen LogP contribution in [0.1, 0.15) is 13.3 Å². The van der Waals surface area contributed by atoms with Gasteiger partial charge in [0.05, 0.1) is 12.7 Å². The average molecular weight is 203 g/mol. The number of rotatable bonds is 3. The maximum atomic E-state index is 11.3. The minimum absolute atomic E-state index is 0.0364. The van der Waals surface area contributed by atoms with E-state index in [0.717, 1.165) is 6.42 Å².